The van der Waals surface area contributed by atoms with Crippen LogP contribution in [0.25, 0.3) is 11.3 Å². The van der Waals surface area contributed by atoms with Gasteiger partial charge in [-0.2, -0.15) is 0 Å². The van der Waals surface area contributed by atoms with Crippen molar-refractivity contribution in [2.45, 2.75) is 31.3 Å². The number of hydrogen-bond donors (Lipinski definition) is 2. The first-order valence-electron chi connectivity index (χ1n) is 9.05. The zero-order valence-electron chi connectivity index (χ0n) is 15.8. The van der Waals surface area contributed by atoms with Crippen LogP contribution in [0, 0.1) is 0 Å². The molecule has 0 fully saturated rings. The van der Waals surface area contributed by atoms with Crippen LogP contribution in [-0.4, -0.2) is 25.4 Å². The molecule has 9 heteroatoms. The minimum Gasteiger partial charge on any atom is -0.479 e. The van der Waals surface area contributed by atoms with E-state index in [4.69, 9.17) is 4.74 Å². The topological polar surface area (TPSA) is 97.4 Å². The van der Waals surface area contributed by atoms with E-state index in [9.17, 15) is 13.2 Å². The second-order valence-corrected chi connectivity index (χ2v) is 9.14. The van der Waals surface area contributed by atoms with Crippen LogP contribution in [0.5, 0.6) is 5.75 Å². The lowest BCUT2D eigenvalue weighted by molar-refractivity contribution is -0.122. The fraction of sp³-hybridized carbons (Fsp3) is 0.200. The summed E-state index contributed by atoms with van der Waals surface area (Å²) >= 11 is 1.21. The van der Waals surface area contributed by atoms with Gasteiger partial charge in [0.1, 0.15) is 5.75 Å². The predicted octanol–water partition coefficient (Wildman–Crippen LogP) is 3.89. The summed E-state index contributed by atoms with van der Waals surface area (Å²) in [6.45, 7) is 3.71. The van der Waals surface area contributed by atoms with Gasteiger partial charge in [-0.1, -0.05) is 31.2 Å². The van der Waals surface area contributed by atoms with Crippen molar-refractivity contribution in [2.75, 3.05) is 10.0 Å². The molecule has 1 aliphatic rings. The van der Waals surface area contributed by atoms with Gasteiger partial charge in [0, 0.05) is 10.9 Å². The molecule has 7 nitrogen and oxygen atoms in total. The van der Waals surface area contributed by atoms with Crippen molar-refractivity contribution >= 4 is 38.1 Å². The molecule has 0 saturated carbocycles. The first kappa shape index (κ1) is 19.4. The number of hydrogen-bond acceptors (Lipinski definition) is 6. The Balaban J connectivity index is 1.56. The number of carbonyl (C=O) groups is 1. The Bertz CT molecular complexity index is 1170. The number of anilines is 2. The number of thiazole rings is 1. The van der Waals surface area contributed by atoms with Crippen LogP contribution in [0.4, 0.5) is 10.8 Å². The molecule has 3 aromatic rings. The van der Waals surface area contributed by atoms with Crippen molar-refractivity contribution in [3.63, 3.8) is 0 Å². The molecule has 1 atom stereocenters. The molecule has 0 radical (unpaired) electrons. The predicted molar refractivity (Wildman–Crippen MR) is 113 cm³/mol. The van der Waals surface area contributed by atoms with Gasteiger partial charge in [0.05, 0.1) is 16.3 Å². The van der Waals surface area contributed by atoms with Gasteiger partial charge in [-0.05, 0) is 37.1 Å². The number of fused-ring (bicyclic) bond motifs is 1. The Kier molecular flexibility index (Phi) is 5.01. The molecule has 1 amide bonds. The molecule has 2 heterocycles. The van der Waals surface area contributed by atoms with Gasteiger partial charge >= 0.3 is 0 Å². The van der Waals surface area contributed by atoms with Gasteiger partial charge in [-0.15, -0.1) is 11.3 Å². The fourth-order valence-electron chi connectivity index (χ4n) is 2.89. The number of aromatic nitrogens is 1. The number of amides is 1. The van der Waals surface area contributed by atoms with Crippen LogP contribution in [0.15, 0.2) is 52.7 Å². The Hall–Kier alpha value is -2.91. The van der Waals surface area contributed by atoms with Gasteiger partial charge in [-0.3, -0.25) is 9.52 Å². The van der Waals surface area contributed by atoms with Gasteiger partial charge in [0.2, 0.25) is 0 Å². The highest BCUT2D eigenvalue weighted by molar-refractivity contribution is 7.93. The van der Waals surface area contributed by atoms with Crippen molar-refractivity contribution < 1.29 is 17.9 Å². The van der Waals surface area contributed by atoms with Gasteiger partial charge < -0.3 is 10.1 Å². The van der Waals surface area contributed by atoms with Crippen LogP contribution >= 0.6 is 11.3 Å². The fourth-order valence-corrected chi connectivity index (χ4v) is 4.89. The number of nitrogens with zero attached hydrogens (tertiary/aromatic N) is 1. The summed E-state index contributed by atoms with van der Waals surface area (Å²) < 4.78 is 33.5. The Morgan fingerprint density at radius 2 is 1.97 bits per heavy atom. The van der Waals surface area contributed by atoms with Crippen molar-refractivity contribution in [1.82, 2.24) is 4.98 Å². The Morgan fingerprint density at radius 3 is 2.69 bits per heavy atom. The average Bonchev–Trinajstić information content (AvgIpc) is 3.16. The molecule has 0 bridgehead atoms. The third kappa shape index (κ3) is 3.96. The molecule has 2 N–H and O–H groups in total. The maximum atomic E-state index is 12.8. The highest BCUT2D eigenvalue weighted by Crippen LogP contribution is 2.33. The normalized spacial score (nSPS) is 15.9. The van der Waals surface area contributed by atoms with E-state index in [1.807, 2.05) is 24.3 Å². The Labute approximate surface area is 172 Å². The summed E-state index contributed by atoms with van der Waals surface area (Å²) in [5, 5.41) is 4.73. The Morgan fingerprint density at radius 1 is 1.21 bits per heavy atom. The summed E-state index contributed by atoms with van der Waals surface area (Å²) in [6, 6.07) is 12.3. The summed E-state index contributed by atoms with van der Waals surface area (Å²) in [5.41, 5.74) is 3.18. The number of carbonyl (C=O) groups excluding carboxylic acids is 1. The number of ether oxygens (including phenoxy) is 1. The minimum absolute atomic E-state index is 0.0127. The average molecular weight is 430 g/mol. The molecule has 4 rings (SSSR count). The van der Waals surface area contributed by atoms with Crippen LogP contribution in [-0.2, 0) is 21.2 Å². The standard InChI is InChI=1S/C20H19N3O4S2/c1-3-13-4-6-14(7-5-13)17-11-28-20(22-17)23-29(25,26)15-8-9-18-16(10-15)21-19(24)12(2)27-18/h4-12H,3H2,1-2H3,(H,21,24)(H,22,23). The van der Waals surface area contributed by atoms with Gasteiger partial charge in [0.25, 0.3) is 15.9 Å². The largest absolute Gasteiger partial charge is 0.479 e. The molecular formula is C20H19N3O4S2. The molecule has 1 aromatic heterocycles. The number of aryl methyl sites for hydroxylation is 1. The second-order valence-electron chi connectivity index (χ2n) is 6.60. The molecule has 1 aliphatic heterocycles. The lowest BCUT2D eigenvalue weighted by Crippen LogP contribution is -2.34. The monoisotopic (exact) mass is 429 g/mol. The molecule has 29 heavy (non-hydrogen) atoms. The lowest BCUT2D eigenvalue weighted by Gasteiger charge is -2.23. The molecular weight excluding hydrogens is 410 g/mol. The number of nitrogens with one attached hydrogen (secondary N) is 2. The summed E-state index contributed by atoms with van der Waals surface area (Å²) in [7, 11) is -3.87. The van der Waals surface area contributed by atoms with Crippen molar-refractivity contribution in [3.05, 3.63) is 53.4 Å². The maximum Gasteiger partial charge on any atom is 0.265 e. The van der Waals surface area contributed by atoms with Gasteiger partial charge in [0.15, 0.2) is 11.2 Å². The smallest absolute Gasteiger partial charge is 0.265 e. The molecule has 0 spiro atoms. The van der Waals surface area contributed by atoms with E-state index in [1.165, 1.54) is 35.1 Å². The molecule has 1 unspecified atom stereocenters. The lowest BCUT2D eigenvalue weighted by atomic mass is 10.1. The molecule has 2 aromatic carbocycles. The van der Waals surface area contributed by atoms with E-state index >= 15 is 0 Å². The molecule has 0 aliphatic carbocycles. The van der Waals surface area contributed by atoms with Crippen molar-refractivity contribution in [2.24, 2.45) is 0 Å². The highest BCUT2D eigenvalue weighted by atomic mass is 32.2. The van der Waals surface area contributed by atoms with E-state index < -0.39 is 16.1 Å². The zero-order chi connectivity index (χ0) is 20.6. The number of sulfonamides is 1. The van der Waals surface area contributed by atoms with Crippen LogP contribution < -0.4 is 14.8 Å². The number of rotatable bonds is 5. The molecule has 0 saturated heterocycles. The van der Waals surface area contributed by atoms with Crippen LogP contribution in [0.3, 0.4) is 0 Å². The van der Waals surface area contributed by atoms with Crippen molar-refractivity contribution in [1.29, 1.82) is 0 Å². The molecule has 150 valence electrons. The van der Waals surface area contributed by atoms with E-state index in [-0.39, 0.29) is 15.9 Å². The maximum absolute atomic E-state index is 12.8. The van der Waals surface area contributed by atoms with Crippen LogP contribution in [0.1, 0.15) is 19.4 Å². The number of benzene rings is 2. The second kappa shape index (κ2) is 7.49. The van der Waals surface area contributed by atoms with E-state index in [2.05, 4.69) is 21.9 Å². The summed E-state index contributed by atoms with van der Waals surface area (Å²) in [6.07, 6.45) is 0.330. The SMILES string of the molecule is CCc1ccc(-c2csc(NS(=O)(=O)c3ccc4c(c3)NC(=O)C(C)O4)n2)cc1. The first-order chi connectivity index (χ1) is 13.9. The van der Waals surface area contributed by atoms with Gasteiger partial charge in [-0.25, -0.2) is 13.4 Å². The van der Waals surface area contributed by atoms with E-state index in [0.29, 0.717) is 17.1 Å². The van der Waals surface area contributed by atoms with E-state index in [0.717, 1.165) is 12.0 Å². The third-order valence-corrected chi connectivity index (χ3v) is 6.80. The van der Waals surface area contributed by atoms with Crippen LogP contribution in [0.2, 0.25) is 0 Å². The highest BCUT2D eigenvalue weighted by Gasteiger charge is 2.26. The third-order valence-electron chi connectivity index (χ3n) is 4.58. The van der Waals surface area contributed by atoms with Crippen molar-refractivity contribution in [3.8, 4) is 17.0 Å². The van der Waals surface area contributed by atoms with E-state index in [1.54, 1.807) is 12.3 Å². The first-order valence-corrected chi connectivity index (χ1v) is 11.4. The summed E-state index contributed by atoms with van der Waals surface area (Å²) in [5.74, 6) is 0.113. The minimum atomic E-state index is -3.87. The summed E-state index contributed by atoms with van der Waals surface area (Å²) in [4.78, 5) is 16.2. The quantitative estimate of drug-likeness (QED) is 0.641. The zero-order valence-corrected chi connectivity index (χ0v) is 17.4.